The van der Waals surface area contributed by atoms with Crippen LogP contribution in [-0.4, -0.2) is 10.9 Å². The molecule has 0 unspecified atom stereocenters. The quantitative estimate of drug-likeness (QED) is 0.791. The van der Waals surface area contributed by atoms with Crippen molar-refractivity contribution in [2.45, 2.75) is 27.7 Å². The molecule has 2 rings (SSSR count). The minimum Gasteiger partial charge on any atom is -0.324 e. The van der Waals surface area contributed by atoms with Crippen LogP contribution in [0.25, 0.3) is 10.9 Å². The van der Waals surface area contributed by atoms with Crippen LogP contribution >= 0.6 is 0 Å². The first-order chi connectivity index (χ1) is 10.2. The van der Waals surface area contributed by atoms with Gasteiger partial charge in [0, 0.05) is 18.5 Å². The molecule has 3 heteroatoms. The molecule has 3 nitrogen and oxygen atoms in total. The highest BCUT2D eigenvalue weighted by molar-refractivity contribution is 5.99. The van der Waals surface area contributed by atoms with E-state index in [1.807, 2.05) is 63.3 Å². The van der Waals surface area contributed by atoms with Crippen LogP contribution in [-0.2, 0) is 4.79 Å². The Bertz CT molecular complexity index is 583. The average molecular weight is 284 g/mol. The number of fused-ring (bicyclic) bond motifs is 1. The zero-order valence-electron chi connectivity index (χ0n) is 13.3. The lowest BCUT2D eigenvalue weighted by atomic mass is 10.2. The molecule has 0 bridgehead atoms. The third-order valence-corrected chi connectivity index (χ3v) is 2.27. The molecule has 0 saturated heterocycles. The lowest BCUT2D eigenvalue weighted by molar-refractivity contribution is -0.114. The SMILES string of the molecule is C=C/C=C\C.CC.CC(=O)Nc1cccc2cccnc12. The molecular weight excluding hydrogens is 260 g/mol. The van der Waals surface area contributed by atoms with Crippen LogP contribution in [0.5, 0.6) is 0 Å². The summed E-state index contributed by atoms with van der Waals surface area (Å²) >= 11 is 0. The Hall–Kier alpha value is -2.42. The second-order valence-electron chi connectivity index (χ2n) is 3.82. The lowest BCUT2D eigenvalue weighted by Gasteiger charge is -2.04. The van der Waals surface area contributed by atoms with Crippen molar-refractivity contribution < 1.29 is 4.79 Å². The number of anilines is 1. The summed E-state index contributed by atoms with van der Waals surface area (Å²) in [4.78, 5) is 15.1. The van der Waals surface area contributed by atoms with Crippen LogP contribution in [0.1, 0.15) is 27.7 Å². The van der Waals surface area contributed by atoms with E-state index in [-0.39, 0.29) is 5.91 Å². The summed E-state index contributed by atoms with van der Waals surface area (Å²) in [5, 5.41) is 3.77. The molecule has 0 radical (unpaired) electrons. The molecule has 0 saturated carbocycles. The largest absolute Gasteiger partial charge is 0.324 e. The monoisotopic (exact) mass is 284 g/mol. The summed E-state index contributed by atoms with van der Waals surface area (Å²) in [6.07, 6.45) is 7.29. The number of benzene rings is 1. The maximum Gasteiger partial charge on any atom is 0.221 e. The minimum atomic E-state index is -0.0804. The topological polar surface area (TPSA) is 42.0 Å². The fourth-order valence-corrected chi connectivity index (χ4v) is 1.53. The van der Waals surface area contributed by atoms with Crippen molar-refractivity contribution in [3.8, 4) is 0 Å². The third-order valence-electron chi connectivity index (χ3n) is 2.27. The van der Waals surface area contributed by atoms with Gasteiger partial charge in [0.25, 0.3) is 0 Å². The van der Waals surface area contributed by atoms with Crippen molar-refractivity contribution in [3.05, 3.63) is 61.3 Å². The predicted molar refractivity (Wildman–Crippen MR) is 92.4 cm³/mol. The minimum absolute atomic E-state index is 0.0804. The first-order valence-electron chi connectivity index (χ1n) is 7.04. The smallest absolute Gasteiger partial charge is 0.221 e. The van der Waals surface area contributed by atoms with E-state index < -0.39 is 0 Å². The van der Waals surface area contributed by atoms with Crippen molar-refractivity contribution in [2.75, 3.05) is 5.32 Å². The number of nitrogens with one attached hydrogen (secondary N) is 1. The molecule has 2 aromatic rings. The van der Waals surface area contributed by atoms with Gasteiger partial charge in [-0.2, -0.15) is 0 Å². The Morgan fingerprint density at radius 1 is 1.24 bits per heavy atom. The molecule has 0 aliphatic rings. The first-order valence-corrected chi connectivity index (χ1v) is 7.04. The number of carbonyl (C=O) groups excluding carboxylic acids is 1. The molecule has 21 heavy (non-hydrogen) atoms. The molecule has 0 fully saturated rings. The molecule has 1 N–H and O–H groups in total. The van der Waals surface area contributed by atoms with Gasteiger partial charge in [-0.25, -0.2) is 0 Å². The molecule has 1 aromatic carbocycles. The highest BCUT2D eigenvalue weighted by Gasteiger charge is 2.01. The normalized spacial score (nSPS) is 9.14. The van der Waals surface area contributed by atoms with Crippen molar-refractivity contribution in [1.82, 2.24) is 4.98 Å². The number of carbonyl (C=O) groups is 1. The Balaban J connectivity index is 0.000000489. The summed E-state index contributed by atoms with van der Waals surface area (Å²) in [5.74, 6) is -0.0804. The van der Waals surface area contributed by atoms with Gasteiger partial charge in [-0.3, -0.25) is 9.78 Å². The van der Waals surface area contributed by atoms with Gasteiger partial charge in [0.15, 0.2) is 0 Å². The second-order valence-corrected chi connectivity index (χ2v) is 3.82. The Labute approximate surface area is 127 Å². The van der Waals surface area contributed by atoms with Crippen molar-refractivity contribution in [3.63, 3.8) is 0 Å². The molecule has 0 aliphatic carbocycles. The molecule has 1 amide bonds. The standard InChI is InChI=1S/C11H10N2O.C5H8.C2H6/c1-8(14)13-10-6-2-4-9-5-3-7-12-11(9)10;1-3-5-4-2;1-2/h2-7H,1H3,(H,13,14);3-5H,1H2,2H3;1-2H3/b;5-4-;. The number of hydrogen-bond donors (Lipinski definition) is 1. The maximum atomic E-state index is 10.9. The fraction of sp³-hybridized carbons (Fsp3) is 0.222. The summed E-state index contributed by atoms with van der Waals surface area (Å²) in [5.41, 5.74) is 1.58. The van der Waals surface area contributed by atoms with Crippen molar-refractivity contribution >= 4 is 22.5 Å². The molecule has 112 valence electrons. The van der Waals surface area contributed by atoms with E-state index in [9.17, 15) is 4.79 Å². The van der Waals surface area contributed by atoms with E-state index in [1.54, 1.807) is 12.3 Å². The summed E-state index contributed by atoms with van der Waals surface area (Å²) in [6.45, 7) is 10.9. The van der Waals surface area contributed by atoms with Crippen molar-refractivity contribution in [1.29, 1.82) is 0 Å². The first kappa shape index (κ1) is 18.6. The number of nitrogens with zero attached hydrogens (tertiary/aromatic N) is 1. The number of amides is 1. The van der Waals surface area contributed by atoms with E-state index in [4.69, 9.17) is 0 Å². The van der Waals surface area contributed by atoms with Gasteiger partial charge >= 0.3 is 0 Å². The molecular formula is C18H24N2O. The molecule has 1 aromatic heterocycles. The lowest BCUT2D eigenvalue weighted by Crippen LogP contribution is -2.06. The van der Waals surface area contributed by atoms with Crippen LogP contribution in [0.4, 0.5) is 5.69 Å². The van der Waals surface area contributed by atoms with Crippen LogP contribution in [0.3, 0.4) is 0 Å². The number of para-hydroxylation sites is 1. The number of pyridine rings is 1. The summed E-state index contributed by atoms with van der Waals surface area (Å²) in [7, 11) is 0. The van der Waals surface area contributed by atoms with Crippen LogP contribution < -0.4 is 5.32 Å². The number of hydrogen-bond acceptors (Lipinski definition) is 2. The van der Waals surface area contributed by atoms with E-state index >= 15 is 0 Å². The average Bonchev–Trinajstić information content (AvgIpc) is 2.51. The summed E-state index contributed by atoms with van der Waals surface area (Å²) < 4.78 is 0. The van der Waals surface area contributed by atoms with Gasteiger partial charge in [0.1, 0.15) is 0 Å². The van der Waals surface area contributed by atoms with Crippen LogP contribution in [0.2, 0.25) is 0 Å². The maximum absolute atomic E-state index is 10.9. The van der Waals surface area contributed by atoms with Gasteiger partial charge in [-0.05, 0) is 19.1 Å². The van der Waals surface area contributed by atoms with Crippen molar-refractivity contribution in [2.24, 2.45) is 0 Å². The van der Waals surface area contributed by atoms with Gasteiger partial charge in [-0.15, -0.1) is 0 Å². The third kappa shape index (κ3) is 7.06. The Morgan fingerprint density at radius 2 is 1.90 bits per heavy atom. The zero-order chi connectivity index (χ0) is 16.1. The van der Waals surface area contributed by atoms with Gasteiger partial charge in [-0.1, -0.05) is 56.9 Å². The van der Waals surface area contributed by atoms with E-state index in [0.29, 0.717) is 0 Å². The Morgan fingerprint density at radius 3 is 2.43 bits per heavy atom. The number of rotatable bonds is 2. The van der Waals surface area contributed by atoms with Gasteiger partial charge < -0.3 is 5.32 Å². The number of allylic oxidation sites excluding steroid dienone is 3. The highest BCUT2D eigenvalue weighted by atomic mass is 16.1. The van der Waals surface area contributed by atoms with Crippen LogP contribution in [0.15, 0.2) is 61.3 Å². The molecule has 0 atom stereocenters. The van der Waals surface area contributed by atoms with E-state index in [2.05, 4.69) is 16.9 Å². The Kier molecular flexibility index (Phi) is 10.1. The number of aromatic nitrogens is 1. The fourth-order valence-electron chi connectivity index (χ4n) is 1.53. The summed E-state index contributed by atoms with van der Waals surface area (Å²) in [6, 6.07) is 9.55. The zero-order valence-corrected chi connectivity index (χ0v) is 13.3. The predicted octanol–water partition coefficient (Wildman–Crippen LogP) is 4.97. The van der Waals surface area contributed by atoms with Gasteiger partial charge in [0.2, 0.25) is 5.91 Å². The second kappa shape index (κ2) is 11.4. The van der Waals surface area contributed by atoms with E-state index in [1.165, 1.54) is 6.92 Å². The van der Waals surface area contributed by atoms with Crippen LogP contribution in [0, 0.1) is 0 Å². The molecule has 0 aliphatic heterocycles. The van der Waals surface area contributed by atoms with Gasteiger partial charge in [0.05, 0.1) is 11.2 Å². The molecule has 0 spiro atoms. The molecule has 1 heterocycles. The van der Waals surface area contributed by atoms with E-state index in [0.717, 1.165) is 16.6 Å². The highest BCUT2D eigenvalue weighted by Crippen LogP contribution is 2.20.